The van der Waals surface area contributed by atoms with Gasteiger partial charge in [-0.15, -0.1) is 0 Å². The summed E-state index contributed by atoms with van der Waals surface area (Å²) in [6.45, 7) is 5.49. The molecule has 0 radical (unpaired) electrons. The fourth-order valence-corrected chi connectivity index (χ4v) is 2.85. The average Bonchev–Trinajstić information content (AvgIpc) is 2.89. The molecule has 5 nitrogen and oxygen atoms in total. The maximum Gasteiger partial charge on any atom is 0.265 e. The predicted octanol–water partition coefficient (Wildman–Crippen LogP) is 2.91. The third-order valence-electron chi connectivity index (χ3n) is 3.00. The van der Waals surface area contributed by atoms with Gasteiger partial charge in [-0.3, -0.25) is 19.7 Å². The second-order valence-corrected chi connectivity index (χ2v) is 5.82. The number of imide groups is 1. The normalized spacial score (nSPS) is 15.0. The van der Waals surface area contributed by atoms with Gasteiger partial charge in [0.25, 0.3) is 17.7 Å². The molecule has 1 aromatic carbocycles. The van der Waals surface area contributed by atoms with Gasteiger partial charge in [0.1, 0.15) is 0 Å². The Bertz CT molecular complexity index is 777. The van der Waals surface area contributed by atoms with Crippen LogP contribution in [0.5, 0.6) is 0 Å². The van der Waals surface area contributed by atoms with Gasteiger partial charge in [0.15, 0.2) is 0 Å². The Morgan fingerprint density at radius 2 is 1.96 bits per heavy atom. The van der Waals surface area contributed by atoms with E-state index < -0.39 is 11.8 Å². The second-order valence-electron chi connectivity index (χ2n) is 4.73. The van der Waals surface area contributed by atoms with Crippen LogP contribution in [0.4, 0.5) is 5.69 Å². The summed E-state index contributed by atoms with van der Waals surface area (Å²) in [5.41, 5.74) is 1.01. The number of para-hydroxylation sites is 1. The third kappa shape index (κ3) is 4.33. The molecule has 0 saturated heterocycles. The first-order valence-corrected chi connectivity index (χ1v) is 7.97. The van der Waals surface area contributed by atoms with E-state index in [4.69, 9.17) is 0 Å². The Balaban J connectivity index is 2.30. The summed E-state index contributed by atoms with van der Waals surface area (Å²) >= 11 is 1.03. The number of hydrogen-bond acceptors (Lipinski definition) is 4. The number of hydrogen-bond donors (Lipinski definition) is 2. The minimum atomic E-state index is -0.479. The summed E-state index contributed by atoms with van der Waals surface area (Å²) in [6.07, 6.45) is 6.05. The first-order valence-electron chi connectivity index (χ1n) is 7.15. The Hall–Kier alpha value is -2.86. The SMILES string of the molecule is C=C/C(SC1=CC(=O)NC1=O)=C(\C=C/C)C(=O)Nc1ccccc1. The van der Waals surface area contributed by atoms with Crippen LogP contribution >= 0.6 is 11.8 Å². The molecule has 1 heterocycles. The molecule has 0 bridgehead atoms. The van der Waals surface area contributed by atoms with Crippen LogP contribution in [0.15, 0.2) is 76.6 Å². The molecular weight excluding hydrogens is 324 g/mol. The molecule has 0 aliphatic carbocycles. The summed E-state index contributed by atoms with van der Waals surface area (Å²) in [5, 5.41) is 4.96. The van der Waals surface area contributed by atoms with Crippen molar-refractivity contribution in [2.45, 2.75) is 6.92 Å². The zero-order valence-corrected chi connectivity index (χ0v) is 13.9. The number of nitrogens with one attached hydrogen (secondary N) is 2. The molecule has 2 N–H and O–H groups in total. The maximum absolute atomic E-state index is 12.6. The molecule has 2 rings (SSSR count). The molecular formula is C18H16N2O3S. The van der Waals surface area contributed by atoms with Crippen molar-refractivity contribution in [2.24, 2.45) is 0 Å². The van der Waals surface area contributed by atoms with Gasteiger partial charge in [-0.2, -0.15) is 0 Å². The Labute approximate surface area is 144 Å². The number of allylic oxidation sites excluding steroid dienone is 2. The molecule has 0 fully saturated rings. The van der Waals surface area contributed by atoms with Crippen molar-refractivity contribution in [3.05, 3.63) is 76.6 Å². The molecule has 6 heteroatoms. The molecule has 0 unspecified atom stereocenters. The number of rotatable bonds is 6. The molecule has 1 aromatic rings. The lowest BCUT2D eigenvalue weighted by molar-refractivity contribution is -0.123. The monoisotopic (exact) mass is 340 g/mol. The summed E-state index contributed by atoms with van der Waals surface area (Å²) in [7, 11) is 0. The van der Waals surface area contributed by atoms with Crippen LogP contribution in [0, 0.1) is 0 Å². The van der Waals surface area contributed by atoms with Crippen LogP contribution in [0.3, 0.4) is 0 Å². The predicted molar refractivity (Wildman–Crippen MR) is 95.9 cm³/mol. The fraction of sp³-hybridized carbons (Fsp3) is 0.0556. The van der Waals surface area contributed by atoms with Crippen LogP contribution in [0.25, 0.3) is 0 Å². The van der Waals surface area contributed by atoms with E-state index in [0.717, 1.165) is 11.8 Å². The summed E-state index contributed by atoms with van der Waals surface area (Å²) < 4.78 is 0. The summed E-state index contributed by atoms with van der Waals surface area (Å²) in [4.78, 5) is 36.2. The maximum atomic E-state index is 12.6. The Morgan fingerprint density at radius 1 is 1.25 bits per heavy atom. The van der Waals surface area contributed by atoms with Crippen molar-refractivity contribution in [1.82, 2.24) is 5.32 Å². The quantitative estimate of drug-likeness (QED) is 0.474. The van der Waals surface area contributed by atoms with E-state index in [0.29, 0.717) is 16.2 Å². The van der Waals surface area contributed by atoms with E-state index in [1.807, 2.05) is 18.2 Å². The smallest absolute Gasteiger partial charge is 0.265 e. The van der Waals surface area contributed by atoms with Gasteiger partial charge in [0.2, 0.25) is 0 Å². The van der Waals surface area contributed by atoms with Gasteiger partial charge >= 0.3 is 0 Å². The van der Waals surface area contributed by atoms with Gasteiger partial charge in [-0.1, -0.05) is 54.8 Å². The largest absolute Gasteiger partial charge is 0.322 e. The van der Waals surface area contributed by atoms with Crippen LogP contribution in [-0.2, 0) is 14.4 Å². The van der Waals surface area contributed by atoms with Crippen molar-refractivity contribution in [3.63, 3.8) is 0 Å². The van der Waals surface area contributed by atoms with E-state index in [1.54, 1.807) is 31.2 Å². The minimum Gasteiger partial charge on any atom is -0.322 e. The molecule has 3 amide bonds. The minimum absolute atomic E-state index is 0.226. The van der Waals surface area contributed by atoms with Crippen LogP contribution < -0.4 is 10.6 Å². The molecule has 1 aliphatic heterocycles. The number of thioether (sulfide) groups is 1. The van der Waals surface area contributed by atoms with Gasteiger partial charge in [-0.25, -0.2) is 0 Å². The first-order chi connectivity index (χ1) is 11.5. The molecule has 122 valence electrons. The number of amides is 3. The Kier molecular flexibility index (Phi) is 5.92. The average molecular weight is 340 g/mol. The molecule has 1 aliphatic rings. The van der Waals surface area contributed by atoms with Crippen LogP contribution in [0.1, 0.15) is 6.92 Å². The fourth-order valence-electron chi connectivity index (χ4n) is 1.95. The summed E-state index contributed by atoms with van der Waals surface area (Å²) in [6, 6.07) is 9.04. The highest BCUT2D eigenvalue weighted by Gasteiger charge is 2.23. The van der Waals surface area contributed by atoms with E-state index in [-0.39, 0.29) is 10.8 Å². The van der Waals surface area contributed by atoms with E-state index in [1.165, 1.54) is 12.2 Å². The van der Waals surface area contributed by atoms with Crippen molar-refractivity contribution in [1.29, 1.82) is 0 Å². The number of anilines is 1. The number of carbonyl (C=O) groups excluding carboxylic acids is 3. The Morgan fingerprint density at radius 3 is 2.50 bits per heavy atom. The van der Waals surface area contributed by atoms with Crippen LogP contribution in [-0.4, -0.2) is 17.7 Å². The van der Waals surface area contributed by atoms with Gasteiger partial charge in [0.05, 0.1) is 10.5 Å². The van der Waals surface area contributed by atoms with Crippen molar-refractivity contribution in [2.75, 3.05) is 5.32 Å². The highest BCUT2D eigenvalue weighted by Crippen LogP contribution is 2.31. The molecule has 0 spiro atoms. The lowest BCUT2D eigenvalue weighted by atomic mass is 10.2. The second kappa shape index (κ2) is 8.12. The van der Waals surface area contributed by atoms with Crippen molar-refractivity contribution in [3.8, 4) is 0 Å². The van der Waals surface area contributed by atoms with Crippen molar-refractivity contribution < 1.29 is 14.4 Å². The van der Waals surface area contributed by atoms with E-state index >= 15 is 0 Å². The molecule has 0 saturated carbocycles. The van der Waals surface area contributed by atoms with Crippen molar-refractivity contribution >= 4 is 35.2 Å². The van der Waals surface area contributed by atoms with E-state index in [9.17, 15) is 14.4 Å². The van der Waals surface area contributed by atoms with Gasteiger partial charge < -0.3 is 5.32 Å². The third-order valence-corrected chi connectivity index (χ3v) is 4.13. The molecule has 24 heavy (non-hydrogen) atoms. The van der Waals surface area contributed by atoms with Gasteiger partial charge in [0, 0.05) is 16.7 Å². The molecule has 0 atom stereocenters. The van der Waals surface area contributed by atoms with Crippen LogP contribution in [0.2, 0.25) is 0 Å². The summed E-state index contributed by atoms with van der Waals surface area (Å²) in [5.74, 6) is -1.27. The zero-order valence-electron chi connectivity index (χ0n) is 13.0. The highest BCUT2D eigenvalue weighted by molar-refractivity contribution is 8.07. The highest BCUT2D eigenvalue weighted by atomic mass is 32.2. The first kappa shape index (κ1) is 17.5. The topological polar surface area (TPSA) is 75.3 Å². The molecule has 0 aromatic heterocycles. The zero-order chi connectivity index (χ0) is 17.5. The standard InChI is InChI=1S/C18H16N2O3S/c1-3-8-13(17(22)19-12-9-6-5-7-10-12)14(4-2)24-15-11-16(21)20-18(15)23/h3-11H,2H2,1H3,(H,19,22)(H,20,21,23)/b8-3-,14-13-. The lowest BCUT2D eigenvalue weighted by Crippen LogP contribution is -2.21. The van der Waals surface area contributed by atoms with Gasteiger partial charge in [-0.05, 0) is 19.1 Å². The number of benzene rings is 1. The van der Waals surface area contributed by atoms with E-state index in [2.05, 4.69) is 17.2 Å². The lowest BCUT2D eigenvalue weighted by Gasteiger charge is -2.10. The number of carbonyl (C=O) groups is 3.